The summed E-state index contributed by atoms with van der Waals surface area (Å²) >= 11 is 2.05. The number of alkyl halides is 1. The van der Waals surface area contributed by atoms with Crippen LogP contribution in [0.15, 0.2) is 60.7 Å². The van der Waals surface area contributed by atoms with Gasteiger partial charge in [-0.3, -0.25) is 4.79 Å². The second kappa shape index (κ2) is 11.9. The largest absolute Gasteiger partial charge is 0.508 e. The molecule has 0 saturated carbocycles. The molecule has 0 N–H and O–H groups in total. The monoisotopic (exact) mass is 666 g/mol. The summed E-state index contributed by atoms with van der Waals surface area (Å²) in [6.45, 7) is 18.3. The van der Waals surface area contributed by atoms with Gasteiger partial charge in [-0.05, 0) is 43.1 Å². The molecule has 0 radical (unpaired) electrons. The van der Waals surface area contributed by atoms with Crippen LogP contribution in [-0.4, -0.2) is 48.3 Å². The van der Waals surface area contributed by atoms with Gasteiger partial charge in [0.2, 0.25) is 0 Å². The molecule has 2 aromatic rings. The number of esters is 1. The summed E-state index contributed by atoms with van der Waals surface area (Å²) in [6, 6.07) is 20.9. The summed E-state index contributed by atoms with van der Waals surface area (Å²) in [7, 11) is -2.76. The Kier molecular flexibility index (Phi) is 9.65. The topological polar surface area (TPSA) is 71.1 Å². The molecular weight excluding hydrogens is 623 g/mol. The summed E-state index contributed by atoms with van der Waals surface area (Å²) in [6.07, 6.45) is -1.98. The SMILES string of the molecule is C[C@@H]1[C@@H]([C@H](C)CO[Si](c2ccccc2)(c2ccccc2)C(C)(C)C)OC(=O)O[C@H]1[C@@](C)(I)C(=O)OC(C)(C)C. The summed E-state index contributed by atoms with van der Waals surface area (Å²) in [5.74, 6) is -0.838. The Hall–Kier alpha value is -1.91. The Labute approximate surface area is 248 Å². The smallest absolute Gasteiger partial charge is 0.459 e. The molecule has 8 heteroatoms. The molecule has 3 rings (SSSR count). The Morgan fingerprint density at radius 2 is 1.41 bits per heavy atom. The third-order valence-corrected chi connectivity index (χ3v) is 13.4. The average molecular weight is 667 g/mol. The number of cyclic esters (lactones) is 2. The third kappa shape index (κ3) is 6.88. The van der Waals surface area contributed by atoms with Crippen molar-refractivity contribution in [2.75, 3.05) is 6.61 Å². The first kappa shape index (κ1) is 31.6. The van der Waals surface area contributed by atoms with Gasteiger partial charge in [0.15, 0.2) is 3.42 Å². The number of ether oxygens (including phenoxy) is 3. The van der Waals surface area contributed by atoms with E-state index >= 15 is 0 Å². The zero-order valence-corrected chi connectivity index (χ0v) is 27.8. The van der Waals surface area contributed by atoms with Crippen molar-refractivity contribution < 1.29 is 28.2 Å². The molecule has 214 valence electrons. The Bertz CT molecular complexity index is 1080. The maximum absolute atomic E-state index is 13.1. The molecule has 39 heavy (non-hydrogen) atoms. The molecule has 6 nitrogen and oxygen atoms in total. The highest BCUT2D eigenvalue weighted by Gasteiger charge is 2.54. The lowest BCUT2D eigenvalue weighted by molar-refractivity contribution is -0.168. The number of carbonyl (C=O) groups excluding carboxylic acids is 2. The zero-order valence-electron chi connectivity index (χ0n) is 24.6. The third-order valence-electron chi connectivity index (χ3n) is 7.32. The van der Waals surface area contributed by atoms with Gasteiger partial charge in [-0.15, -0.1) is 0 Å². The first-order chi connectivity index (χ1) is 18.0. The lowest BCUT2D eigenvalue weighted by Crippen LogP contribution is -2.67. The van der Waals surface area contributed by atoms with E-state index in [1.165, 1.54) is 10.4 Å². The lowest BCUT2D eigenvalue weighted by atomic mass is 9.83. The molecule has 1 aliphatic rings. The van der Waals surface area contributed by atoms with E-state index in [2.05, 4.69) is 69.3 Å². The average Bonchev–Trinajstić information content (AvgIpc) is 2.84. The maximum Gasteiger partial charge on any atom is 0.508 e. The van der Waals surface area contributed by atoms with Crippen molar-refractivity contribution in [1.82, 2.24) is 0 Å². The number of halogens is 1. The van der Waals surface area contributed by atoms with Gasteiger partial charge < -0.3 is 18.6 Å². The van der Waals surface area contributed by atoms with Gasteiger partial charge in [-0.2, -0.15) is 0 Å². The molecule has 0 unspecified atom stereocenters. The van der Waals surface area contributed by atoms with Crippen molar-refractivity contribution in [2.45, 2.75) is 88.6 Å². The van der Waals surface area contributed by atoms with E-state index < -0.39 is 41.7 Å². The molecule has 2 aromatic carbocycles. The van der Waals surface area contributed by atoms with Gasteiger partial charge in [0.05, 0.1) is 0 Å². The lowest BCUT2D eigenvalue weighted by Gasteiger charge is -2.46. The molecule has 0 spiro atoms. The van der Waals surface area contributed by atoms with Gasteiger partial charge >= 0.3 is 12.1 Å². The fourth-order valence-corrected chi connectivity index (χ4v) is 10.9. The van der Waals surface area contributed by atoms with Crippen LogP contribution in [0.1, 0.15) is 62.3 Å². The van der Waals surface area contributed by atoms with Gasteiger partial charge in [0.25, 0.3) is 8.32 Å². The van der Waals surface area contributed by atoms with Crippen molar-refractivity contribution in [3.05, 3.63) is 60.7 Å². The van der Waals surface area contributed by atoms with E-state index in [4.69, 9.17) is 18.6 Å². The molecule has 0 bridgehead atoms. The van der Waals surface area contributed by atoms with E-state index in [0.29, 0.717) is 6.61 Å². The minimum absolute atomic E-state index is 0.150. The summed E-state index contributed by atoms with van der Waals surface area (Å²) in [5.41, 5.74) is -0.655. The van der Waals surface area contributed by atoms with Crippen LogP contribution in [0.3, 0.4) is 0 Å². The second-order valence-electron chi connectivity index (χ2n) is 12.8. The Morgan fingerprint density at radius 3 is 1.85 bits per heavy atom. The predicted molar refractivity (Wildman–Crippen MR) is 165 cm³/mol. The van der Waals surface area contributed by atoms with Gasteiger partial charge in [0, 0.05) is 18.4 Å². The van der Waals surface area contributed by atoms with Crippen molar-refractivity contribution in [3.8, 4) is 0 Å². The van der Waals surface area contributed by atoms with E-state index in [9.17, 15) is 9.59 Å². The number of hydrogen-bond acceptors (Lipinski definition) is 6. The van der Waals surface area contributed by atoms with E-state index in [0.717, 1.165) is 0 Å². The number of benzene rings is 2. The van der Waals surface area contributed by atoms with Crippen molar-refractivity contribution in [3.63, 3.8) is 0 Å². The normalized spacial score (nSPS) is 22.7. The fraction of sp³-hybridized carbons (Fsp3) is 0.548. The minimum atomic E-state index is -2.76. The molecular formula is C31H43IO6Si. The van der Waals surface area contributed by atoms with Gasteiger partial charge in [-0.1, -0.05) is 118 Å². The van der Waals surface area contributed by atoms with Crippen molar-refractivity contribution >= 4 is 53.4 Å². The number of rotatable bonds is 8. The van der Waals surface area contributed by atoms with E-state index in [1.807, 2.05) is 69.3 Å². The molecule has 0 aliphatic carbocycles. The van der Waals surface area contributed by atoms with E-state index in [1.54, 1.807) is 6.92 Å². The minimum Gasteiger partial charge on any atom is -0.459 e. The number of carbonyl (C=O) groups is 2. The summed E-state index contributed by atoms with van der Waals surface area (Å²) in [4.78, 5) is 25.8. The van der Waals surface area contributed by atoms with Crippen LogP contribution in [0.25, 0.3) is 0 Å². The predicted octanol–water partition coefficient (Wildman–Crippen LogP) is 6.27. The van der Waals surface area contributed by atoms with E-state index in [-0.39, 0.29) is 16.9 Å². The van der Waals surface area contributed by atoms with Crippen LogP contribution in [-0.2, 0) is 23.4 Å². The fourth-order valence-electron chi connectivity index (χ4n) is 5.48. The molecule has 1 saturated heterocycles. The van der Waals surface area contributed by atoms with Gasteiger partial charge in [0.1, 0.15) is 17.8 Å². The standard InChI is InChI=1S/C31H43IO6Si/c1-21(25-22(2)26(37-28(34)36-25)31(9,32)27(33)38-29(3,4)5)20-35-39(30(6,7)8,23-16-12-10-13-17-23)24-18-14-11-15-19-24/h10-19,21-22,25-26H,20H2,1-9H3/t21-,22-,25-,26-,31-/m1/s1. The Morgan fingerprint density at radius 1 is 0.923 bits per heavy atom. The Balaban J connectivity index is 1.92. The molecule has 1 fully saturated rings. The molecule has 1 aliphatic heterocycles. The maximum atomic E-state index is 13.1. The summed E-state index contributed by atoms with van der Waals surface area (Å²) in [5, 5.41) is 2.21. The first-order valence-corrected chi connectivity index (χ1v) is 16.5. The zero-order chi connectivity index (χ0) is 29.2. The molecule has 0 amide bonds. The van der Waals surface area contributed by atoms with Crippen molar-refractivity contribution in [2.24, 2.45) is 11.8 Å². The molecule has 1 heterocycles. The van der Waals surface area contributed by atoms with Crippen LogP contribution in [0.2, 0.25) is 5.04 Å². The first-order valence-electron chi connectivity index (χ1n) is 13.6. The number of hydrogen-bond donors (Lipinski definition) is 0. The van der Waals surface area contributed by atoms with Crippen LogP contribution in [0.4, 0.5) is 4.79 Å². The summed E-state index contributed by atoms with van der Waals surface area (Å²) < 4.78 is 23.1. The van der Waals surface area contributed by atoms with Crippen LogP contribution in [0, 0.1) is 11.8 Å². The molecule has 5 atom stereocenters. The quantitative estimate of drug-likeness (QED) is 0.143. The van der Waals surface area contributed by atoms with Crippen LogP contribution >= 0.6 is 22.6 Å². The highest BCUT2D eigenvalue weighted by atomic mass is 127. The second-order valence-corrected chi connectivity index (χ2v) is 19.3. The highest BCUT2D eigenvalue weighted by Crippen LogP contribution is 2.41. The van der Waals surface area contributed by atoms with Gasteiger partial charge in [-0.25, -0.2) is 4.79 Å². The van der Waals surface area contributed by atoms with Crippen molar-refractivity contribution in [1.29, 1.82) is 0 Å². The highest BCUT2D eigenvalue weighted by molar-refractivity contribution is 14.1. The molecule has 0 aromatic heterocycles. The van der Waals surface area contributed by atoms with Crippen LogP contribution in [0.5, 0.6) is 0 Å². The van der Waals surface area contributed by atoms with Crippen LogP contribution < -0.4 is 10.4 Å².